The lowest BCUT2D eigenvalue weighted by atomic mass is 9.25. The Morgan fingerprint density at radius 3 is 2.85 bits per heavy atom. The summed E-state index contributed by atoms with van der Waals surface area (Å²) in [6.07, 6.45) is 9.29. The zero-order valence-electron chi connectivity index (χ0n) is 11.0. The molecular formula is C13H14BBrN4S. The van der Waals surface area contributed by atoms with Gasteiger partial charge in [-0.25, -0.2) is 14.8 Å². The van der Waals surface area contributed by atoms with Gasteiger partial charge in [-0.3, -0.25) is 0 Å². The molecule has 1 spiro atoms. The van der Waals surface area contributed by atoms with Crippen molar-refractivity contribution in [1.29, 1.82) is 5.26 Å². The summed E-state index contributed by atoms with van der Waals surface area (Å²) >= 11 is 4.97. The molecule has 102 valence electrons. The summed E-state index contributed by atoms with van der Waals surface area (Å²) in [7, 11) is 0. The number of imidazole rings is 1. The van der Waals surface area contributed by atoms with E-state index in [0.29, 0.717) is 18.0 Å². The van der Waals surface area contributed by atoms with Gasteiger partial charge in [-0.2, -0.15) is 0 Å². The third-order valence-corrected chi connectivity index (χ3v) is 6.40. The van der Waals surface area contributed by atoms with E-state index in [1.807, 2.05) is 4.52 Å². The van der Waals surface area contributed by atoms with Gasteiger partial charge >= 0.3 is 0 Å². The molecule has 1 aliphatic carbocycles. The maximum atomic E-state index is 8.94. The molecule has 0 atom stereocenters. The van der Waals surface area contributed by atoms with Crippen molar-refractivity contribution in [2.24, 2.45) is 5.41 Å². The molecule has 0 radical (unpaired) electrons. The van der Waals surface area contributed by atoms with Crippen LogP contribution in [0, 0.1) is 16.6 Å². The van der Waals surface area contributed by atoms with E-state index in [9.17, 15) is 0 Å². The maximum absolute atomic E-state index is 8.94. The highest BCUT2D eigenvalue weighted by atomic mass is 79.9. The average Bonchev–Trinajstić information content (AvgIpc) is 2.93. The molecule has 1 saturated heterocycles. The number of hydrogen-bond acceptors (Lipinski definition) is 4. The Balaban J connectivity index is 1.46. The Bertz CT molecular complexity index is 655. The summed E-state index contributed by atoms with van der Waals surface area (Å²) in [6.45, 7) is 0.325. The minimum Gasteiger partial charge on any atom is -0.222 e. The smallest absolute Gasteiger partial charge is 0.222 e. The van der Waals surface area contributed by atoms with Gasteiger partial charge in [0.2, 0.25) is 4.96 Å². The molecule has 4 nitrogen and oxygen atoms in total. The molecule has 1 aliphatic heterocycles. The van der Waals surface area contributed by atoms with Crippen LogP contribution < -0.4 is 0 Å². The van der Waals surface area contributed by atoms with Gasteiger partial charge in [-0.15, -0.1) is 5.10 Å². The van der Waals surface area contributed by atoms with Crippen LogP contribution >= 0.6 is 27.3 Å². The fourth-order valence-electron chi connectivity index (χ4n) is 3.90. The van der Waals surface area contributed by atoms with Crippen LogP contribution in [-0.2, 0) is 0 Å². The second-order valence-electron chi connectivity index (χ2n) is 6.26. The molecule has 0 N–H and O–H groups in total. The first-order valence-corrected chi connectivity index (χ1v) is 8.70. The summed E-state index contributed by atoms with van der Waals surface area (Å²) in [5, 5.41) is 13.3. The number of nitrogens with zero attached hydrogens (tertiary/aromatic N) is 4. The monoisotopic (exact) mass is 348 g/mol. The Morgan fingerprint density at radius 2 is 2.20 bits per heavy atom. The highest BCUT2D eigenvalue weighted by Gasteiger charge is 2.48. The molecule has 2 aromatic heterocycles. The first-order chi connectivity index (χ1) is 9.67. The normalized spacial score (nSPS) is 22.1. The standard InChI is InChI=1S/C13H14BBrN4S/c15-11-18-19-5-10(17-12(19)20-11)9-1-3-13(4-2-9)6-14(7-13)8-16/h5,9H,1-4,6-7H2. The van der Waals surface area contributed by atoms with Crippen LogP contribution in [0.3, 0.4) is 0 Å². The Hall–Kier alpha value is -0.865. The fourth-order valence-corrected chi connectivity index (χ4v) is 5.12. The van der Waals surface area contributed by atoms with E-state index in [0.717, 1.165) is 21.5 Å². The first kappa shape index (κ1) is 12.8. The van der Waals surface area contributed by atoms with Crippen LogP contribution in [0.1, 0.15) is 37.3 Å². The van der Waals surface area contributed by atoms with E-state index in [1.54, 1.807) is 11.3 Å². The van der Waals surface area contributed by atoms with E-state index in [2.05, 4.69) is 33.2 Å². The van der Waals surface area contributed by atoms with Crippen LogP contribution in [0.15, 0.2) is 10.1 Å². The molecule has 2 aromatic rings. The number of nitriles is 1. The van der Waals surface area contributed by atoms with Crippen molar-refractivity contribution in [3.8, 4) is 5.97 Å². The van der Waals surface area contributed by atoms with Gasteiger partial charge in [-0.1, -0.05) is 24.0 Å². The van der Waals surface area contributed by atoms with E-state index in [-0.39, 0.29) is 0 Å². The third kappa shape index (κ3) is 2.01. The summed E-state index contributed by atoms with van der Waals surface area (Å²) in [4.78, 5) is 5.69. The van der Waals surface area contributed by atoms with Gasteiger partial charge in [0.05, 0.1) is 11.9 Å². The molecule has 0 unspecified atom stereocenters. The van der Waals surface area contributed by atoms with Gasteiger partial charge < -0.3 is 0 Å². The number of halogens is 1. The number of aromatic nitrogens is 3. The molecule has 7 heteroatoms. The predicted octanol–water partition coefficient (Wildman–Crippen LogP) is 3.77. The van der Waals surface area contributed by atoms with Gasteiger partial charge in [0.1, 0.15) is 0 Å². The van der Waals surface area contributed by atoms with Crippen molar-refractivity contribution >= 4 is 38.9 Å². The molecule has 4 rings (SSSR count). The number of rotatable bonds is 1. The highest BCUT2D eigenvalue weighted by molar-refractivity contribution is 9.11. The molecule has 0 aromatic carbocycles. The minimum atomic E-state index is 0.325. The Kier molecular flexibility index (Phi) is 2.93. The number of fused-ring (bicyclic) bond motifs is 1. The summed E-state index contributed by atoms with van der Waals surface area (Å²) in [6, 6.07) is 0. The van der Waals surface area contributed by atoms with Crippen LogP contribution in [0.5, 0.6) is 0 Å². The van der Waals surface area contributed by atoms with Gasteiger partial charge in [-0.05, 0) is 47.0 Å². The molecular weight excluding hydrogens is 335 g/mol. The van der Waals surface area contributed by atoms with E-state index in [1.165, 1.54) is 31.4 Å². The van der Waals surface area contributed by atoms with E-state index in [4.69, 9.17) is 10.2 Å². The molecule has 2 fully saturated rings. The summed E-state index contributed by atoms with van der Waals surface area (Å²) < 4.78 is 2.76. The van der Waals surface area contributed by atoms with Crippen molar-refractivity contribution in [1.82, 2.24) is 14.6 Å². The van der Waals surface area contributed by atoms with Gasteiger partial charge in [0.15, 0.2) is 3.92 Å². The van der Waals surface area contributed by atoms with Gasteiger partial charge in [0.25, 0.3) is 6.71 Å². The molecule has 20 heavy (non-hydrogen) atoms. The topological polar surface area (TPSA) is 54.0 Å². The van der Waals surface area contributed by atoms with Crippen molar-refractivity contribution < 1.29 is 0 Å². The lowest BCUT2D eigenvalue weighted by molar-refractivity contribution is 0.197. The zero-order chi connectivity index (χ0) is 13.7. The Labute approximate surface area is 130 Å². The van der Waals surface area contributed by atoms with Crippen molar-refractivity contribution in [3.05, 3.63) is 15.8 Å². The predicted molar refractivity (Wildman–Crippen MR) is 83.2 cm³/mol. The van der Waals surface area contributed by atoms with Crippen molar-refractivity contribution in [2.75, 3.05) is 0 Å². The van der Waals surface area contributed by atoms with E-state index < -0.39 is 0 Å². The van der Waals surface area contributed by atoms with Crippen molar-refractivity contribution in [2.45, 2.75) is 44.2 Å². The SMILES string of the molecule is N#CB1CC2(CCC(c3cn4nc(Br)sc4n3)CC2)C1. The molecule has 1 saturated carbocycles. The van der Waals surface area contributed by atoms with Crippen molar-refractivity contribution in [3.63, 3.8) is 0 Å². The summed E-state index contributed by atoms with van der Waals surface area (Å²) in [5.74, 6) is 2.99. The third-order valence-electron chi connectivity index (χ3n) is 5.04. The first-order valence-electron chi connectivity index (χ1n) is 7.09. The fraction of sp³-hybridized carbons (Fsp3) is 0.615. The largest absolute Gasteiger partial charge is 0.268 e. The van der Waals surface area contributed by atoms with Crippen LogP contribution in [0.25, 0.3) is 4.96 Å². The molecule has 3 heterocycles. The molecule has 2 aliphatic rings. The van der Waals surface area contributed by atoms with E-state index >= 15 is 0 Å². The zero-order valence-corrected chi connectivity index (χ0v) is 13.5. The van der Waals surface area contributed by atoms with Crippen LogP contribution in [0.2, 0.25) is 12.6 Å². The minimum absolute atomic E-state index is 0.325. The molecule has 0 amide bonds. The lowest BCUT2D eigenvalue weighted by Crippen LogP contribution is -2.43. The van der Waals surface area contributed by atoms with Crippen LogP contribution in [-0.4, -0.2) is 21.3 Å². The average molecular weight is 349 g/mol. The number of hydrogen-bond donors (Lipinski definition) is 0. The second-order valence-corrected chi connectivity index (χ2v) is 8.49. The van der Waals surface area contributed by atoms with Gasteiger partial charge in [0, 0.05) is 11.9 Å². The molecule has 0 bridgehead atoms. The highest BCUT2D eigenvalue weighted by Crippen LogP contribution is 2.55. The Morgan fingerprint density at radius 1 is 1.45 bits per heavy atom. The quantitative estimate of drug-likeness (QED) is 0.737. The van der Waals surface area contributed by atoms with Crippen LogP contribution in [0.4, 0.5) is 0 Å². The summed E-state index contributed by atoms with van der Waals surface area (Å²) in [5.41, 5.74) is 1.69. The maximum Gasteiger partial charge on any atom is 0.268 e. The second kappa shape index (κ2) is 4.57. The lowest BCUT2D eigenvalue weighted by Gasteiger charge is -2.48.